The molecule has 0 unspecified atom stereocenters. The van der Waals surface area contributed by atoms with E-state index >= 15 is 0 Å². The summed E-state index contributed by atoms with van der Waals surface area (Å²) in [4.78, 5) is 34.1. The van der Waals surface area contributed by atoms with Crippen LogP contribution in [0.15, 0.2) is 55.6 Å². The van der Waals surface area contributed by atoms with Gasteiger partial charge in [0.25, 0.3) is 0 Å². The highest BCUT2D eigenvalue weighted by Gasteiger charge is 2.39. The first-order chi connectivity index (χ1) is 14.6. The third-order valence-electron chi connectivity index (χ3n) is 4.25. The maximum atomic E-state index is 12.8. The molecular formula is C22H30N2O6Si. The van der Waals surface area contributed by atoms with E-state index in [4.69, 9.17) is 17.7 Å². The number of hydrogen-bond donors (Lipinski definition) is 0. The minimum Gasteiger partial charge on any atom is -0.483 e. The van der Waals surface area contributed by atoms with Crippen molar-refractivity contribution in [2.75, 3.05) is 0 Å². The fourth-order valence-corrected chi connectivity index (χ4v) is 3.93. The third-order valence-corrected chi connectivity index (χ3v) is 5.64. The molecule has 2 aromatic heterocycles. The van der Waals surface area contributed by atoms with Crippen LogP contribution in [0.5, 0.6) is 0 Å². The van der Waals surface area contributed by atoms with Crippen LogP contribution in [0.4, 0.5) is 0 Å². The van der Waals surface area contributed by atoms with Gasteiger partial charge in [-0.25, -0.2) is 0 Å². The molecular weight excluding hydrogens is 416 g/mol. The summed E-state index contributed by atoms with van der Waals surface area (Å²) in [6, 6.07) is 5.46. The molecule has 2 aromatic rings. The number of carbonyl (C=O) groups excluding carboxylic acids is 2. The van der Waals surface area contributed by atoms with E-state index in [9.17, 15) is 9.59 Å². The topological polar surface area (TPSA) is 104 Å². The molecule has 2 rings (SSSR count). The summed E-state index contributed by atoms with van der Waals surface area (Å²) in [5.74, 6) is -0.225. The molecule has 31 heavy (non-hydrogen) atoms. The van der Waals surface area contributed by atoms with E-state index in [-0.39, 0.29) is 11.8 Å². The van der Waals surface area contributed by atoms with Gasteiger partial charge in [0.15, 0.2) is 0 Å². The van der Waals surface area contributed by atoms with Crippen LogP contribution in [0.1, 0.15) is 39.2 Å². The average Bonchev–Trinajstić information content (AvgIpc) is 3.34. The molecule has 0 saturated heterocycles. The van der Waals surface area contributed by atoms with Gasteiger partial charge in [0.05, 0.1) is 25.0 Å². The molecule has 0 N–H and O–H groups in total. The van der Waals surface area contributed by atoms with Crippen LogP contribution in [0, 0.1) is 11.8 Å². The van der Waals surface area contributed by atoms with E-state index in [0.717, 1.165) is 0 Å². The molecule has 2 heterocycles. The molecule has 0 aromatic carbocycles. The summed E-state index contributed by atoms with van der Waals surface area (Å²) in [7, 11) is -3.13. The van der Waals surface area contributed by atoms with Crippen molar-refractivity contribution in [3.05, 3.63) is 48.3 Å². The fourth-order valence-electron chi connectivity index (χ4n) is 2.67. The molecule has 0 saturated carbocycles. The van der Waals surface area contributed by atoms with Crippen molar-refractivity contribution in [2.45, 2.75) is 52.9 Å². The Balaban J connectivity index is 2.04. The van der Waals surface area contributed by atoms with E-state index in [0.29, 0.717) is 11.5 Å². The van der Waals surface area contributed by atoms with Crippen molar-refractivity contribution < 1.29 is 27.3 Å². The lowest BCUT2D eigenvalue weighted by Crippen LogP contribution is -2.45. The van der Waals surface area contributed by atoms with Crippen molar-refractivity contribution in [1.82, 2.24) is 0 Å². The zero-order chi connectivity index (χ0) is 23.0. The summed E-state index contributed by atoms with van der Waals surface area (Å²) in [5, 5.41) is 0. The second-order valence-corrected chi connectivity index (χ2v) is 11.4. The van der Waals surface area contributed by atoms with E-state index in [2.05, 4.69) is 9.98 Å². The van der Waals surface area contributed by atoms with Crippen molar-refractivity contribution in [3.8, 4) is 0 Å². The SMILES string of the molecule is CC(C)[C@H](N=Cc1ccco1)C(=O)O[Si](C)(C)OC(=O)[C@H](N=Cc1ccco1)C(C)C. The molecule has 8 nitrogen and oxygen atoms in total. The predicted octanol–water partition coefficient (Wildman–Crippen LogP) is 4.25. The minimum atomic E-state index is -3.13. The molecule has 0 fully saturated rings. The minimum absolute atomic E-state index is 0.111. The quantitative estimate of drug-likeness (QED) is 0.399. The van der Waals surface area contributed by atoms with E-state index < -0.39 is 32.6 Å². The smallest absolute Gasteiger partial charge is 0.457 e. The number of furan rings is 2. The van der Waals surface area contributed by atoms with Crippen LogP contribution in [0.3, 0.4) is 0 Å². The number of carbonyl (C=O) groups is 2. The first-order valence-corrected chi connectivity index (χ1v) is 13.0. The second-order valence-electron chi connectivity index (χ2n) is 8.21. The van der Waals surface area contributed by atoms with Crippen LogP contribution in [-0.2, 0) is 18.4 Å². The van der Waals surface area contributed by atoms with Crippen molar-refractivity contribution >= 4 is 32.9 Å². The van der Waals surface area contributed by atoms with Crippen LogP contribution in [0.2, 0.25) is 13.1 Å². The van der Waals surface area contributed by atoms with Crippen molar-refractivity contribution in [2.24, 2.45) is 21.8 Å². The predicted molar refractivity (Wildman–Crippen MR) is 120 cm³/mol. The van der Waals surface area contributed by atoms with Crippen molar-refractivity contribution in [3.63, 3.8) is 0 Å². The molecule has 0 aliphatic heterocycles. The van der Waals surface area contributed by atoms with Crippen LogP contribution < -0.4 is 0 Å². The van der Waals surface area contributed by atoms with Gasteiger partial charge in [-0.15, -0.1) is 0 Å². The van der Waals surface area contributed by atoms with Gasteiger partial charge in [-0.05, 0) is 36.1 Å². The Kier molecular flexibility index (Phi) is 8.55. The lowest BCUT2D eigenvalue weighted by Gasteiger charge is -2.27. The molecule has 0 aliphatic rings. The summed E-state index contributed by atoms with van der Waals surface area (Å²) < 4.78 is 21.7. The van der Waals surface area contributed by atoms with Gasteiger partial charge < -0.3 is 17.7 Å². The van der Waals surface area contributed by atoms with Gasteiger partial charge in [0.2, 0.25) is 0 Å². The maximum absolute atomic E-state index is 12.8. The molecule has 2 atom stereocenters. The van der Waals surface area contributed by atoms with Gasteiger partial charge in [0.1, 0.15) is 23.6 Å². The Hall–Kier alpha value is -2.94. The molecule has 0 radical (unpaired) electrons. The van der Waals surface area contributed by atoms with E-state index in [1.165, 1.54) is 25.0 Å². The highest BCUT2D eigenvalue weighted by Crippen LogP contribution is 2.18. The summed E-state index contributed by atoms with van der Waals surface area (Å²) in [6.45, 7) is 10.7. The number of rotatable bonds is 10. The first kappa shape index (κ1) is 24.3. The van der Waals surface area contributed by atoms with Gasteiger partial charge in [-0.1, -0.05) is 27.7 Å². The Morgan fingerprint density at radius 2 is 1.23 bits per heavy atom. The summed E-state index contributed by atoms with van der Waals surface area (Å²) in [6.07, 6.45) is 6.04. The Bertz CT molecular complexity index is 813. The molecule has 0 spiro atoms. The summed E-state index contributed by atoms with van der Waals surface area (Å²) >= 11 is 0. The van der Waals surface area contributed by atoms with Gasteiger partial charge in [0, 0.05) is 13.1 Å². The lowest BCUT2D eigenvalue weighted by atomic mass is 10.1. The van der Waals surface area contributed by atoms with Gasteiger partial charge >= 0.3 is 20.5 Å². The van der Waals surface area contributed by atoms with E-state index in [1.54, 1.807) is 37.4 Å². The van der Waals surface area contributed by atoms with Gasteiger partial charge in [-0.3, -0.25) is 19.6 Å². The maximum Gasteiger partial charge on any atom is 0.457 e. The second kappa shape index (κ2) is 10.9. The number of hydrogen-bond acceptors (Lipinski definition) is 8. The molecule has 0 bridgehead atoms. The fraction of sp³-hybridized carbons (Fsp3) is 0.455. The highest BCUT2D eigenvalue weighted by atomic mass is 28.4. The zero-order valence-corrected chi connectivity index (χ0v) is 19.8. The molecule has 0 amide bonds. The van der Waals surface area contributed by atoms with Crippen LogP contribution in [0.25, 0.3) is 0 Å². The van der Waals surface area contributed by atoms with Crippen molar-refractivity contribution in [1.29, 1.82) is 0 Å². The summed E-state index contributed by atoms with van der Waals surface area (Å²) in [5.41, 5.74) is 0. The van der Waals surface area contributed by atoms with Crippen LogP contribution >= 0.6 is 0 Å². The standard InChI is InChI=1S/C22H30N2O6Si/c1-15(2)19(23-13-17-9-7-11-27-17)21(25)29-31(5,6)30-22(26)20(16(3)4)24-14-18-10-8-12-28-18/h7-16,19-20H,1-6H3/t19-,20+. The van der Waals surface area contributed by atoms with Gasteiger partial charge in [-0.2, -0.15) is 0 Å². The lowest BCUT2D eigenvalue weighted by molar-refractivity contribution is -0.143. The molecule has 168 valence electrons. The third kappa shape index (κ3) is 7.67. The zero-order valence-electron chi connectivity index (χ0n) is 18.8. The largest absolute Gasteiger partial charge is 0.483 e. The highest BCUT2D eigenvalue weighted by molar-refractivity contribution is 6.67. The van der Waals surface area contributed by atoms with E-state index in [1.807, 2.05) is 27.7 Å². The molecule has 9 heteroatoms. The Morgan fingerprint density at radius 3 is 1.52 bits per heavy atom. The molecule has 0 aliphatic carbocycles. The van der Waals surface area contributed by atoms with Crippen LogP contribution in [-0.4, -0.2) is 45.0 Å². The Labute approximate surface area is 183 Å². The average molecular weight is 447 g/mol. The number of aliphatic imine (C=N–C) groups is 2. The Morgan fingerprint density at radius 1 is 0.839 bits per heavy atom. The normalized spacial score (nSPS) is 14.5. The monoisotopic (exact) mass is 446 g/mol. The first-order valence-electron chi connectivity index (χ1n) is 10.2. The number of nitrogens with zero attached hydrogens (tertiary/aromatic N) is 2.